The highest BCUT2D eigenvalue weighted by molar-refractivity contribution is 5.95. The number of hydrazine groups is 1. The first-order chi connectivity index (χ1) is 14.2. The van der Waals surface area contributed by atoms with Gasteiger partial charge in [-0.05, 0) is 53.7 Å². The van der Waals surface area contributed by atoms with Crippen molar-refractivity contribution >= 4 is 24.5 Å². The van der Waals surface area contributed by atoms with Crippen molar-refractivity contribution in [3.05, 3.63) is 29.8 Å². The Balaban J connectivity index is 2.65. The summed E-state index contributed by atoms with van der Waals surface area (Å²) in [5.74, 6) is -0.371. The second-order valence-electron chi connectivity index (χ2n) is 8.75. The van der Waals surface area contributed by atoms with Crippen LogP contribution in [-0.4, -0.2) is 59.9 Å². The smallest absolute Gasteiger partial charge is 0.435 e. The molecule has 170 valence electrons. The molecule has 1 aliphatic heterocycles. The summed E-state index contributed by atoms with van der Waals surface area (Å²) in [6, 6.07) is 6.28. The van der Waals surface area contributed by atoms with Crippen molar-refractivity contribution in [1.29, 1.82) is 0 Å². The number of aliphatic imine (C=N–C) groups is 1. The lowest BCUT2D eigenvalue weighted by Gasteiger charge is -2.38. The Morgan fingerprint density at radius 1 is 0.871 bits per heavy atom. The van der Waals surface area contributed by atoms with E-state index in [4.69, 9.17) is 18.9 Å². The van der Waals surface area contributed by atoms with Crippen molar-refractivity contribution in [2.24, 2.45) is 4.99 Å². The van der Waals surface area contributed by atoms with Crippen LogP contribution in [-0.2, 0) is 24.7 Å². The zero-order chi connectivity index (χ0) is 23.6. The molecule has 1 aliphatic rings. The van der Waals surface area contributed by atoms with E-state index in [0.717, 1.165) is 23.5 Å². The fraction of sp³-hybridized carbons (Fsp3) is 0.524. The van der Waals surface area contributed by atoms with E-state index in [9.17, 15) is 14.4 Å². The van der Waals surface area contributed by atoms with E-state index in [0.29, 0.717) is 5.75 Å². The Morgan fingerprint density at radius 3 is 1.84 bits per heavy atom. The van der Waals surface area contributed by atoms with Crippen molar-refractivity contribution in [2.75, 3.05) is 14.2 Å². The van der Waals surface area contributed by atoms with Gasteiger partial charge in [0.2, 0.25) is 0 Å². The van der Waals surface area contributed by atoms with Crippen LogP contribution < -0.4 is 4.74 Å². The molecule has 1 aromatic rings. The van der Waals surface area contributed by atoms with Crippen LogP contribution in [0, 0.1) is 0 Å². The topological polar surface area (TPSA) is 107 Å². The molecule has 0 aliphatic carbocycles. The lowest BCUT2D eigenvalue weighted by Crippen LogP contribution is -2.59. The van der Waals surface area contributed by atoms with Crippen molar-refractivity contribution < 1.29 is 33.3 Å². The molecular weight excluding hydrogens is 406 g/mol. The quantitative estimate of drug-likeness (QED) is 0.529. The summed E-state index contributed by atoms with van der Waals surface area (Å²) < 4.78 is 21.0. The van der Waals surface area contributed by atoms with Gasteiger partial charge in [0.1, 0.15) is 23.3 Å². The zero-order valence-corrected chi connectivity index (χ0v) is 19.1. The summed E-state index contributed by atoms with van der Waals surface area (Å²) in [5.41, 5.74) is -3.56. The summed E-state index contributed by atoms with van der Waals surface area (Å²) in [5, 5.41) is 1.60. The zero-order valence-electron chi connectivity index (χ0n) is 19.1. The largest absolute Gasteiger partial charge is 0.497 e. The summed E-state index contributed by atoms with van der Waals surface area (Å²) in [7, 11) is 2.66. The van der Waals surface area contributed by atoms with Crippen LogP contribution in [0.2, 0.25) is 0 Å². The summed E-state index contributed by atoms with van der Waals surface area (Å²) in [4.78, 5) is 43.3. The summed E-state index contributed by atoms with van der Waals surface area (Å²) in [6.45, 7) is 10.00. The Kier molecular flexibility index (Phi) is 6.53. The molecule has 1 aromatic carbocycles. The van der Waals surface area contributed by atoms with Crippen LogP contribution in [0.1, 0.15) is 47.1 Å². The third-order valence-corrected chi connectivity index (χ3v) is 3.99. The van der Waals surface area contributed by atoms with E-state index < -0.39 is 35.0 Å². The predicted molar refractivity (Wildman–Crippen MR) is 111 cm³/mol. The summed E-state index contributed by atoms with van der Waals surface area (Å²) >= 11 is 0. The third-order valence-electron chi connectivity index (χ3n) is 3.99. The summed E-state index contributed by atoms with van der Waals surface area (Å²) in [6.07, 6.45) is -0.863. The average Bonchev–Trinajstić information content (AvgIpc) is 3.06. The number of benzene rings is 1. The number of nitrogens with zero attached hydrogens (tertiary/aromatic N) is 3. The molecule has 31 heavy (non-hydrogen) atoms. The molecule has 0 N–H and O–H groups in total. The van der Waals surface area contributed by atoms with Gasteiger partial charge in [0, 0.05) is 5.56 Å². The molecule has 10 heteroatoms. The molecule has 2 amide bonds. The van der Waals surface area contributed by atoms with E-state index >= 15 is 0 Å². The van der Waals surface area contributed by atoms with Crippen LogP contribution in [0.4, 0.5) is 9.59 Å². The maximum atomic E-state index is 13.2. The van der Waals surface area contributed by atoms with Gasteiger partial charge in [0.25, 0.3) is 5.66 Å². The fourth-order valence-electron chi connectivity index (χ4n) is 2.78. The second kappa shape index (κ2) is 8.44. The molecule has 1 atom stereocenters. The van der Waals surface area contributed by atoms with Gasteiger partial charge in [-0.2, -0.15) is 10.0 Å². The van der Waals surface area contributed by atoms with Gasteiger partial charge >= 0.3 is 18.2 Å². The molecule has 10 nitrogen and oxygen atoms in total. The van der Waals surface area contributed by atoms with E-state index in [1.807, 2.05) is 0 Å². The van der Waals surface area contributed by atoms with E-state index in [1.54, 1.807) is 65.8 Å². The molecule has 2 rings (SSSR count). The second-order valence-corrected chi connectivity index (χ2v) is 8.75. The number of ether oxygens (including phenoxy) is 4. The predicted octanol–water partition coefficient (Wildman–Crippen LogP) is 3.45. The van der Waals surface area contributed by atoms with Gasteiger partial charge in [-0.1, -0.05) is 12.1 Å². The number of hydrogen-bond acceptors (Lipinski definition) is 8. The number of hydrogen-bond donors (Lipinski definition) is 0. The lowest BCUT2D eigenvalue weighted by atomic mass is 9.99. The highest BCUT2D eigenvalue weighted by Crippen LogP contribution is 2.39. The van der Waals surface area contributed by atoms with Crippen LogP contribution >= 0.6 is 0 Å². The normalized spacial score (nSPS) is 18.6. The third kappa shape index (κ3) is 5.07. The van der Waals surface area contributed by atoms with Gasteiger partial charge in [0.05, 0.1) is 14.2 Å². The molecule has 0 saturated carbocycles. The molecule has 1 heterocycles. The highest BCUT2D eigenvalue weighted by Gasteiger charge is 2.58. The minimum atomic E-state index is -2.04. The molecule has 0 fully saturated rings. The SMILES string of the molecule is COC(=O)[C@@]1(c2ccc(OC)cc2)N=CN(C(=O)OC(C)(C)C)N1C(=O)OC(C)(C)C. The first-order valence-corrected chi connectivity index (χ1v) is 9.59. The lowest BCUT2D eigenvalue weighted by molar-refractivity contribution is -0.160. The Labute approximate surface area is 181 Å². The Morgan fingerprint density at radius 2 is 1.39 bits per heavy atom. The number of carbonyl (C=O) groups excluding carboxylic acids is 3. The highest BCUT2D eigenvalue weighted by atomic mass is 16.6. The molecular formula is C21H29N3O7. The van der Waals surface area contributed by atoms with Gasteiger partial charge in [-0.3, -0.25) is 0 Å². The van der Waals surface area contributed by atoms with Gasteiger partial charge in [-0.15, -0.1) is 0 Å². The molecule has 0 unspecified atom stereocenters. The van der Waals surface area contributed by atoms with Gasteiger partial charge in [0.15, 0.2) is 0 Å². The Hall–Kier alpha value is -3.30. The molecule has 0 radical (unpaired) electrons. The molecule has 0 saturated heterocycles. The Bertz CT molecular complexity index is 868. The van der Waals surface area contributed by atoms with Crippen LogP contribution in [0.15, 0.2) is 29.3 Å². The molecule has 0 aromatic heterocycles. The van der Waals surface area contributed by atoms with E-state index in [-0.39, 0.29) is 5.56 Å². The number of esters is 1. The van der Waals surface area contributed by atoms with Crippen molar-refractivity contribution in [3.8, 4) is 5.75 Å². The van der Waals surface area contributed by atoms with Crippen LogP contribution in [0.3, 0.4) is 0 Å². The van der Waals surface area contributed by atoms with E-state index in [1.165, 1.54) is 7.11 Å². The van der Waals surface area contributed by atoms with Gasteiger partial charge in [-0.25, -0.2) is 19.4 Å². The maximum absolute atomic E-state index is 13.2. The van der Waals surface area contributed by atoms with Crippen molar-refractivity contribution in [3.63, 3.8) is 0 Å². The number of carbonyl (C=O) groups is 3. The van der Waals surface area contributed by atoms with E-state index in [2.05, 4.69) is 4.99 Å². The first-order valence-electron chi connectivity index (χ1n) is 9.59. The number of amides is 2. The van der Waals surface area contributed by atoms with Crippen molar-refractivity contribution in [1.82, 2.24) is 10.0 Å². The minimum Gasteiger partial charge on any atom is -0.497 e. The van der Waals surface area contributed by atoms with Gasteiger partial charge < -0.3 is 18.9 Å². The monoisotopic (exact) mass is 435 g/mol. The van der Waals surface area contributed by atoms with Crippen molar-refractivity contribution in [2.45, 2.75) is 58.4 Å². The van der Waals surface area contributed by atoms with Crippen LogP contribution in [0.5, 0.6) is 5.75 Å². The molecule has 0 bridgehead atoms. The fourth-order valence-corrected chi connectivity index (χ4v) is 2.78. The standard InChI is InChI=1S/C21H29N3O7/c1-19(2,3)30-17(26)23-13-22-21(16(25)29-8,14-9-11-15(28-7)12-10-14)24(23)18(27)31-20(4,5)6/h9-13H,1-8H3/t21-/m0/s1. The number of methoxy groups -OCH3 is 2. The minimum absolute atomic E-state index is 0.258. The maximum Gasteiger partial charge on any atom is 0.435 e. The first kappa shape index (κ1) is 24.0. The van der Waals surface area contributed by atoms with Crippen LogP contribution in [0.25, 0.3) is 0 Å². The average molecular weight is 435 g/mol. The number of rotatable bonds is 3. The molecule has 0 spiro atoms.